The minimum Gasteiger partial charge on any atom is -0.376 e. The number of carbonyl (C=O) groups is 2. The lowest BCUT2D eigenvalue weighted by Gasteiger charge is -2.22. The van der Waals surface area contributed by atoms with Gasteiger partial charge < -0.3 is 14.8 Å². The van der Waals surface area contributed by atoms with Crippen molar-refractivity contribution < 1.29 is 19.1 Å². The van der Waals surface area contributed by atoms with E-state index in [1.165, 1.54) is 0 Å². The Labute approximate surface area is 114 Å². The lowest BCUT2D eigenvalue weighted by atomic mass is 10.0. The Morgan fingerprint density at radius 1 is 1.37 bits per heavy atom. The molecule has 5 nitrogen and oxygen atoms in total. The number of hydrogen-bond donors (Lipinski definition) is 1. The molecule has 0 radical (unpaired) electrons. The largest absolute Gasteiger partial charge is 0.376 e. The molecule has 0 aliphatic carbocycles. The lowest BCUT2D eigenvalue weighted by molar-refractivity contribution is -0.115. The van der Waals surface area contributed by atoms with E-state index in [0.717, 1.165) is 5.56 Å². The van der Waals surface area contributed by atoms with Crippen LogP contribution in [0.2, 0.25) is 5.02 Å². The molecule has 1 aromatic rings. The summed E-state index contributed by atoms with van der Waals surface area (Å²) in [6.07, 6.45) is -0.344. The number of ether oxygens (including phenoxy) is 2. The van der Waals surface area contributed by atoms with Crippen molar-refractivity contribution in [1.29, 1.82) is 0 Å². The second-order valence-corrected chi connectivity index (χ2v) is 4.92. The van der Waals surface area contributed by atoms with E-state index >= 15 is 0 Å². The lowest BCUT2D eigenvalue weighted by Crippen LogP contribution is -2.35. The summed E-state index contributed by atoms with van der Waals surface area (Å²) in [6.45, 7) is 1.14. The first-order valence-corrected chi connectivity index (χ1v) is 6.39. The molecule has 6 heteroatoms. The fraction of sp³-hybridized carbons (Fsp3) is 0.385. The first-order valence-electron chi connectivity index (χ1n) is 6.01. The number of benzene rings is 1. The zero-order valence-electron chi connectivity index (χ0n) is 10.1. The van der Waals surface area contributed by atoms with Crippen LogP contribution in [0.3, 0.4) is 0 Å². The molecule has 1 saturated heterocycles. The SMILES string of the molecule is O=C1Cc2cc(C(=O)C3COCCO3)c(Cl)cc2N1. The smallest absolute Gasteiger partial charge is 0.228 e. The summed E-state index contributed by atoms with van der Waals surface area (Å²) in [5.41, 5.74) is 1.84. The van der Waals surface area contributed by atoms with Crippen LogP contribution in [0.4, 0.5) is 5.69 Å². The van der Waals surface area contributed by atoms with Gasteiger partial charge in [-0.15, -0.1) is 0 Å². The molecule has 19 heavy (non-hydrogen) atoms. The van der Waals surface area contributed by atoms with Crippen molar-refractivity contribution in [2.24, 2.45) is 0 Å². The molecule has 0 spiro atoms. The molecule has 2 heterocycles. The van der Waals surface area contributed by atoms with Gasteiger partial charge in [0.25, 0.3) is 0 Å². The zero-order chi connectivity index (χ0) is 13.4. The highest BCUT2D eigenvalue weighted by Crippen LogP contribution is 2.30. The highest BCUT2D eigenvalue weighted by Gasteiger charge is 2.28. The highest BCUT2D eigenvalue weighted by molar-refractivity contribution is 6.34. The van der Waals surface area contributed by atoms with Crippen molar-refractivity contribution in [3.63, 3.8) is 0 Å². The molecular weight excluding hydrogens is 270 g/mol. The molecule has 1 N–H and O–H groups in total. The van der Waals surface area contributed by atoms with Gasteiger partial charge in [0, 0.05) is 11.3 Å². The van der Waals surface area contributed by atoms with Gasteiger partial charge in [0.05, 0.1) is 31.3 Å². The Kier molecular flexibility index (Phi) is 3.26. The van der Waals surface area contributed by atoms with Gasteiger partial charge in [0.15, 0.2) is 5.78 Å². The maximum Gasteiger partial charge on any atom is 0.228 e. The van der Waals surface area contributed by atoms with E-state index in [4.69, 9.17) is 21.1 Å². The molecule has 2 aliphatic rings. The minimum absolute atomic E-state index is 0.0899. The van der Waals surface area contributed by atoms with Crippen molar-refractivity contribution in [1.82, 2.24) is 0 Å². The van der Waals surface area contributed by atoms with E-state index in [9.17, 15) is 9.59 Å². The van der Waals surface area contributed by atoms with Gasteiger partial charge in [-0.05, 0) is 17.7 Å². The third-order valence-corrected chi connectivity index (χ3v) is 3.50. The summed E-state index contributed by atoms with van der Waals surface area (Å²) in [7, 11) is 0. The molecular formula is C13H12ClNO4. The Morgan fingerprint density at radius 2 is 2.21 bits per heavy atom. The average molecular weight is 282 g/mol. The normalized spacial score (nSPS) is 21.9. The van der Waals surface area contributed by atoms with Crippen LogP contribution in [0.25, 0.3) is 0 Å². The first kappa shape index (κ1) is 12.6. The van der Waals surface area contributed by atoms with Gasteiger partial charge in [-0.2, -0.15) is 0 Å². The van der Waals surface area contributed by atoms with Crippen LogP contribution in [-0.2, 0) is 20.7 Å². The average Bonchev–Trinajstić information content (AvgIpc) is 2.77. The monoisotopic (exact) mass is 281 g/mol. The Bertz CT molecular complexity index is 552. The van der Waals surface area contributed by atoms with Crippen molar-refractivity contribution in [3.05, 3.63) is 28.3 Å². The number of carbonyl (C=O) groups excluding carboxylic acids is 2. The molecule has 1 fully saturated rings. The maximum absolute atomic E-state index is 12.3. The highest BCUT2D eigenvalue weighted by atomic mass is 35.5. The van der Waals surface area contributed by atoms with E-state index in [1.807, 2.05) is 0 Å². The second-order valence-electron chi connectivity index (χ2n) is 4.51. The predicted molar refractivity (Wildman–Crippen MR) is 68.7 cm³/mol. The number of ketones is 1. The Morgan fingerprint density at radius 3 is 2.95 bits per heavy atom. The number of fused-ring (bicyclic) bond motifs is 1. The van der Waals surface area contributed by atoms with Gasteiger partial charge in [-0.1, -0.05) is 11.6 Å². The van der Waals surface area contributed by atoms with Crippen molar-refractivity contribution >= 4 is 29.0 Å². The van der Waals surface area contributed by atoms with Gasteiger partial charge >= 0.3 is 0 Å². The molecule has 1 atom stereocenters. The first-order chi connectivity index (χ1) is 9.15. The number of halogens is 1. The van der Waals surface area contributed by atoms with Crippen LogP contribution < -0.4 is 5.32 Å². The summed E-state index contributed by atoms with van der Waals surface area (Å²) >= 11 is 6.10. The number of amides is 1. The van der Waals surface area contributed by atoms with E-state index in [-0.39, 0.29) is 24.7 Å². The standard InChI is InChI=1S/C13H12ClNO4/c14-9-5-10-7(4-12(16)15-10)3-8(9)13(17)11-6-18-1-2-19-11/h3,5,11H,1-2,4,6H2,(H,15,16). The predicted octanol–water partition coefficient (Wildman–Crippen LogP) is 1.43. The summed E-state index contributed by atoms with van der Waals surface area (Å²) in [5, 5.41) is 3.01. The van der Waals surface area contributed by atoms with Crippen LogP contribution in [0, 0.1) is 0 Å². The summed E-state index contributed by atoms with van der Waals surface area (Å²) in [4.78, 5) is 23.6. The molecule has 100 valence electrons. The minimum atomic E-state index is -0.616. The van der Waals surface area contributed by atoms with E-state index in [2.05, 4.69) is 5.32 Å². The topological polar surface area (TPSA) is 64.6 Å². The van der Waals surface area contributed by atoms with Gasteiger partial charge in [0.1, 0.15) is 6.10 Å². The fourth-order valence-electron chi connectivity index (χ4n) is 2.25. The van der Waals surface area contributed by atoms with Crippen molar-refractivity contribution in [3.8, 4) is 0 Å². The van der Waals surface area contributed by atoms with E-state index < -0.39 is 6.10 Å². The van der Waals surface area contributed by atoms with E-state index in [0.29, 0.717) is 29.5 Å². The van der Waals surface area contributed by atoms with Crippen molar-refractivity contribution in [2.45, 2.75) is 12.5 Å². The molecule has 1 amide bonds. The molecule has 0 saturated carbocycles. The van der Waals surface area contributed by atoms with Crippen LogP contribution in [-0.4, -0.2) is 37.6 Å². The van der Waals surface area contributed by atoms with Gasteiger partial charge in [0.2, 0.25) is 5.91 Å². The van der Waals surface area contributed by atoms with Crippen LogP contribution in [0.1, 0.15) is 15.9 Å². The van der Waals surface area contributed by atoms with Crippen molar-refractivity contribution in [2.75, 3.05) is 25.1 Å². The molecule has 1 aromatic carbocycles. The van der Waals surface area contributed by atoms with Gasteiger partial charge in [-0.25, -0.2) is 0 Å². The Balaban J connectivity index is 1.90. The van der Waals surface area contributed by atoms with E-state index in [1.54, 1.807) is 12.1 Å². The third kappa shape index (κ3) is 2.36. The summed E-state index contributed by atoms with van der Waals surface area (Å²) in [6, 6.07) is 3.27. The second kappa shape index (κ2) is 4.92. The molecule has 3 rings (SSSR count). The third-order valence-electron chi connectivity index (χ3n) is 3.19. The Hall–Kier alpha value is -1.43. The van der Waals surface area contributed by atoms with Crippen LogP contribution >= 0.6 is 11.6 Å². The number of rotatable bonds is 2. The molecule has 0 aromatic heterocycles. The van der Waals surface area contributed by atoms with Crippen LogP contribution in [0.15, 0.2) is 12.1 Å². The molecule has 2 aliphatic heterocycles. The molecule has 0 bridgehead atoms. The number of hydrogen-bond acceptors (Lipinski definition) is 4. The zero-order valence-corrected chi connectivity index (χ0v) is 10.8. The number of nitrogens with one attached hydrogen (secondary N) is 1. The summed E-state index contributed by atoms with van der Waals surface area (Å²) < 4.78 is 10.6. The summed E-state index contributed by atoms with van der Waals surface area (Å²) in [5.74, 6) is -0.292. The number of Topliss-reactive ketones (excluding diaryl/α,β-unsaturated/α-hetero) is 1. The quantitative estimate of drug-likeness (QED) is 0.833. The van der Waals surface area contributed by atoms with Gasteiger partial charge in [-0.3, -0.25) is 9.59 Å². The fourth-order valence-corrected chi connectivity index (χ4v) is 2.51. The van der Waals surface area contributed by atoms with Crippen LogP contribution in [0.5, 0.6) is 0 Å². The maximum atomic E-state index is 12.3. The molecule has 1 unspecified atom stereocenters. The number of anilines is 1.